The molecule has 9 nitrogen and oxygen atoms in total. The van der Waals surface area contributed by atoms with E-state index < -0.39 is 23.9 Å². The van der Waals surface area contributed by atoms with Gasteiger partial charge in [0.15, 0.2) is 5.65 Å². The van der Waals surface area contributed by atoms with E-state index in [2.05, 4.69) is 10.2 Å². The topological polar surface area (TPSA) is 120 Å². The number of aryl methyl sites for hydroxylation is 1. The van der Waals surface area contributed by atoms with Crippen LogP contribution in [0.25, 0.3) is 16.8 Å². The van der Waals surface area contributed by atoms with Crippen LogP contribution >= 0.6 is 0 Å². The maximum Gasteiger partial charge on any atom is 0.490 e. The summed E-state index contributed by atoms with van der Waals surface area (Å²) < 4.78 is 61.3. The van der Waals surface area contributed by atoms with Crippen LogP contribution in [-0.4, -0.2) is 47.8 Å². The average Bonchev–Trinajstić information content (AvgIpc) is 3.30. The largest absolute Gasteiger partial charge is 0.490 e. The van der Waals surface area contributed by atoms with Crippen molar-refractivity contribution in [2.45, 2.75) is 26.2 Å². The number of rotatable bonds is 5. The molecule has 168 valence electrons. The zero-order valence-corrected chi connectivity index (χ0v) is 16.0. The first-order valence-electron chi connectivity index (χ1n) is 8.63. The van der Waals surface area contributed by atoms with Crippen LogP contribution < -0.4 is 11.4 Å². The van der Waals surface area contributed by atoms with Crippen LogP contribution in [0.5, 0.6) is 0 Å². The van der Waals surface area contributed by atoms with Crippen molar-refractivity contribution in [3.63, 3.8) is 0 Å². The number of carbonyl (C=O) groups is 1. The maximum atomic E-state index is 12.7. The van der Waals surface area contributed by atoms with Crippen LogP contribution in [0.4, 0.5) is 22.0 Å². The van der Waals surface area contributed by atoms with Gasteiger partial charge in [-0.05, 0) is 24.6 Å². The fourth-order valence-electron chi connectivity index (χ4n) is 2.37. The maximum absolute atomic E-state index is 12.7. The number of pyridine rings is 1. The Morgan fingerprint density at radius 2 is 1.90 bits per heavy atom. The minimum absolute atomic E-state index is 0.315. The zero-order valence-electron chi connectivity index (χ0n) is 16.0. The normalized spacial score (nSPS) is 11.2. The predicted octanol–water partition coefficient (Wildman–Crippen LogP) is 2.12. The molecule has 31 heavy (non-hydrogen) atoms. The predicted molar refractivity (Wildman–Crippen MR) is 98.3 cm³/mol. The van der Waals surface area contributed by atoms with Gasteiger partial charge in [-0.15, -0.1) is 5.10 Å². The van der Waals surface area contributed by atoms with Crippen molar-refractivity contribution >= 4 is 11.6 Å². The van der Waals surface area contributed by atoms with Gasteiger partial charge in [0.25, 0.3) is 6.08 Å². The molecule has 0 aromatic carbocycles. The average molecular weight is 448 g/mol. The van der Waals surface area contributed by atoms with E-state index in [1.54, 1.807) is 29.2 Å². The standard InChI is InChI=1S/C15H16F2N6O.C2HF3O2/c1-2-21-8-12(7-19-21)10-3-4-22-13(5-10)20-23(15(22)24)9-11(6-18)14(16)17;3-2(4,5)1(6)7/h3-5,7-8H,2,6,9,18H2,1H3;(H,6,7). The molecule has 0 bridgehead atoms. The Balaban J connectivity index is 0.000000423. The lowest BCUT2D eigenvalue weighted by Gasteiger charge is -2.01. The van der Waals surface area contributed by atoms with E-state index in [1.165, 1.54) is 4.40 Å². The molecule has 0 saturated heterocycles. The molecule has 0 unspecified atom stereocenters. The smallest absolute Gasteiger partial charge is 0.475 e. The van der Waals surface area contributed by atoms with Crippen LogP contribution in [0.15, 0.2) is 47.2 Å². The number of fused-ring (bicyclic) bond motifs is 1. The number of carboxylic acid groups (broad SMARTS) is 1. The molecular formula is C17H17F5N6O3. The van der Waals surface area contributed by atoms with E-state index in [0.717, 1.165) is 22.4 Å². The number of nitrogens with two attached hydrogens (primary N) is 1. The molecule has 0 amide bonds. The molecule has 0 fully saturated rings. The highest BCUT2D eigenvalue weighted by Crippen LogP contribution is 2.19. The summed E-state index contributed by atoms with van der Waals surface area (Å²) in [5, 5.41) is 15.4. The van der Waals surface area contributed by atoms with Crippen molar-refractivity contribution in [3.05, 3.63) is 52.9 Å². The zero-order chi connectivity index (χ0) is 23.3. The lowest BCUT2D eigenvalue weighted by atomic mass is 10.1. The summed E-state index contributed by atoms with van der Waals surface area (Å²) in [6.07, 6.45) is -1.79. The highest BCUT2D eigenvalue weighted by atomic mass is 19.4. The molecule has 3 rings (SSSR count). The Bertz CT molecular complexity index is 1160. The highest BCUT2D eigenvalue weighted by molar-refractivity contribution is 5.73. The van der Waals surface area contributed by atoms with Gasteiger partial charge in [0.05, 0.1) is 12.7 Å². The first kappa shape index (κ1) is 23.7. The van der Waals surface area contributed by atoms with Crippen LogP contribution in [0.3, 0.4) is 0 Å². The third-order valence-electron chi connectivity index (χ3n) is 3.97. The molecule has 3 N–H and O–H groups in total. The molecular weight excluding hydrogens is 431 g/mol. The molecule has 0 atom stereocenters. The number of carboxylic acids is 1. The van der Waals surface area contributed by atoms with Gasteiger partial charge in [0, 0.05) is 36.6 Å². The first-order chi connectivity index (χ1) is 14.5. The Labute approximate surface area is 170 Å². The van der Waals surface area contributed by atoms with Crippen LogP contribution in [0.1, 0.15) is 6.92 Å². The summed E-state index contributed by atoms with van der Waals surface area (Å²) in [6.45, 7) is 2.07. The first-order valence-corrected chi connectivity index (χ1v) is 8.63. The quantitative estimate of drug-likeness (QED) is 0.577. The van der Waals surface area contributed by atoms with Crippen molar-refractivity contribution in [3.8, 4) is 11.1 Å². The minimum Gasteiger partial charge on any atom is -0.475 e. The van der Waals surface area contributed by atoms with Gasteiger partial charge >= 0.3 is 17.8 Å². The van der Waals surface area contributed by atoms with Gasteiger partial charge in [-0.3, -0.25) is 9.08 Å². The number of nitrogens with zero attached hydrogens (tertiary/aromatic N) is 5. The molecule has 3 heterocycles. The number of alkyl halides is 3. The highest BCUT2D eigenvalue weighted by Gasteiger charge is 2.38. The number of hydrogen-bond acceptors (Lipinski definition) is 5. The van der Waals surface area contributed by atoms with Crippen molar-refractivity contribution in [1.29, 1.82) is 0 Å². The molecule has 0 aliphatic carbocycles. The second kappa shape index (κ2) is 9.51. The van der Waals surface area contributed by atoms with Gasteiger partial charge in [0.2, 0.25) is 0 Å². The Hall–Kier alpha value is -3.55. The van der Waals surface area contributed by atoms with E-state index in [1.807, 2.05) is 13.1 Å². The van der Waals surface area contributed by atoms with E-state index in [4.69, 9.17) is 15.6 Å². The SMILES string of the molecule is CCn1cc(-c2ccn3c(=O)n(CC(CN)=C(F)F)nc3c2)cn1.O=C(O)C(F)(F)F. The van der Waals surface area contributed by atoms with Crippen LogP contribution in [-0.2, 0) is 17.9 Å². The van der Waals surface area contributed by atoms with Gasteiger partial charge in [-0.2, -0.15) is 27.1 Å². The molecule has 3 aromatic rings. The number of aromatic nitrogens is 5. The number of hydrogen-bond donors (Lipinski definition) is 2. The second-order valence-electron chi connectivity index (χ2n) is 6.04. The lowest BCUT2D eigenvalue weighted by molar-refractivity contribution is -0.192. The number of aliphatic carboxylic acids is 1. The fraction of sp³-hybridized carbons (Fsp3) is 0.294. The fourth-order valence-corrected chi connectivity index (χ4v) is 2.37. The monoisotopic (exact) mass is 448 g/mol. The minimum atomic E-state index is -5.08. The Kier molecular flexibility index (Phi) is 7.28. The summed E-state index contributed by atoms with van der Waals surface area (Å²) in [7, 11) is 0. The van der Waals surface area contributed by atoms with Gasteiger partial charge in [0.1, 0.15) is 0 Å². The van der Waals surface area contributed by atoms with Gasteiger partial charge in [-0.25, -0.2) is 14.3 Å². The lowest BCUT2D eigenvalue weighted by Crippen LogP contribution is -2.24. The Morgan fingerprint density at radius 1 is 1.26 bits per heavy atom. The van der Waals surface area contributed by atoms with Crippen molar-refractivity contribution in [1.82, 2.24) is 24.0 Å². The molecule has 0 radical (unpaired) electrons. The molecule has 0 spiro atoms. The summed E-state index contributed by atoms with van der Waals surface area (Å²) in [5.41, 5.74) is 6.58. The second-order valence-corrected chi connectivity index (χ2v) is 6.04. The van der Waals surface area contributed by atoms with E-state index >= 15 is 0 Å². The molecule has 14 heteroatoms. The summed E-state index contributed by atoms with van der Waals surface area (Å²) in [6, 6.07) is 3.47. The Morgan fingerprint density at radius 3 is 2.39 bits per heavy atom. The van der Waals surface area contributed by atoms with Gasteiger partial charge in [-0.1, -0.05) is 0 Å². The van der Waals surface area contributed by atoms with E-state index in [-0.39, 0.29) is 18.7 Å². The van der Waals surface area contributed by atoms with Crippen molar-refractivity contribution < 1.29 is 31.9 Å². The molecule has 0 saturated carbocycles. The van der Waals surface area contributed by atoms with E-state index in [9.17, 15) is 26.7 Å². The van der Waals surface area contributed by atoms with Crippen LogP contribution in [0.2, 0.25) is 0 Å². The van der Waals surface area contributed by atoms with Crippen molar-refractivity contribution in [2.75, 3.05) is 6.54 Å². The van der Waals surface area contributed by atoms with Crippen LogP contribution in [0, 0.1) is 0 Å². The summed E-state index contributed by atoms with van der Waals surface area (Å²) in [4.78, 5) is 21.1. The van der Waals surface area contributed by atoms with E-state index in [0.29, 0.717) is 5.65 Å². The molecule has 0 aliphatic heterocycles. The summed E-state index contributed by atoms with van der Waals surface area (Å²) >= 11 is 0. The third-order valence-corrected chi connectivity index (χ3v) is 3.97. The van der Waals surface area contributed by atoms with Crippen molar-refractivity contribution in [2.24, 2.45) is 5.73 Å². The molecule has 0 aliphatic rings. The van der Waals surface area contributed by atoms with Gasteiger partial charge < -0.3 is 10.8 Å². The third kappa shape index (κ3) is 5.75. The molecule has 3 aromatic heterocycles. The number of halogens is 5. The summed E-state index contributed by atoms with van der Waals surface area (Å²) in [5.74, 6) is -2.76.